The van der Waals surface area contributed by atoms with Crippen LogP contribution in [-0.4, -0.2) is 9.55 Å². The zero-order valence-corrected chi connectivity index (χ0v) is 11.9. The summed E-state index contributed by atoms with van der Waals surface area (Å²) < 4.78 is 1.99. The number of para-hydroxylation sites is 1. The third kappa shape index (κ3) is 1.77. The molecule has 0 unspecified atom stereocenters. The monoisotopic (exact) mass is 281 g/mol. The number of imidazole rings is 1. The number of aromatic nitrogens is 2. The first-order valence-electron chi connectivity index (χ1n) is 6.24. The highest BCUT2D eigenvalue weighted by Crippen LogP contribution is 2.30. The Balaban J connectivity index is 2.36. The SMILES string of the molecule is Cc1c(Cl)cccc1-c1nc2c(C#N)cccc2n1C. The van der Waals surface area contributed by atoms with E-state index in [0.29, 0.717) is 5.56 Å². The number of nitriles is 1. The maximum atomic E-state index is 9.18. The lowest BCUT2D eigenvalue weighted by Crippen LogP contribution is -1.94. The molecule has 0 spiro atoms. The Labute approximate surface area is 122 Å². The number of hydrogen-bond donors (Lipinski definition) is 0. The quantitative estimate of drug-likeness (QED) is 0.674. The van der Waals surface area contributed by atoms with E-state index in [4.69, 9.17) is 11.6 Å². The van der Waals surface area contributed by atoms with Crippen LogP contribution in [0, 0.1) is 18.3 Å². The molecule has 1 heterocycles. The first-order chi connectivity index (χ1) is 9.63. The number of halogens is 1. The molecule has 0 atom stereocenters. The first kappa shape index (κ1) is 12.7. The number of benzene rings is 2. The van der Waals surface area contributed by atoms with E-state index >= 15 is 0 Å². The Morgan fingerprint density at radius 1 is 1.20 bits per heavy atom. The summed E-state index contributed by atoms with van der Waals surface area (Å²) in [4.78, 5) is 4.64. The van der Waals surface area contributed by atoms with Crippen molar-refractivity contribution in [3.63, 3.8) is 0 Å². The number of hydrogen-bond acceptors (Lipinski definition) is 2. The van der Waals surface area contributed by atoms with Crippen LogP contribution in [0.15, 0.2) is 36.4 Å². The fourth-order valence-electron chi connectivity index (χ4n) is 2.40. The first-order valence-corrected chi connectivity index (χ1v) is 6.62. The van der Waals surface area contributed by atoms with Crippen LogP contribution < -0.4 is 0 Å². The van der Waals surface area contributed by atoms with Crippen LogP contribution in [0.5, 0.6) is 0 Å². The molecule has 0 fully saturated rings. The van der Waals surface area contributed by atoms with E-state index in [9.17, 15) is 5.26 Å². The van der Waals surface area contributed by atoms with Crippen LogP contribution in [0.3, 0.4) is 0 Å². The van der Waals surface area contributed by atoms with Gasteiger partial charge >= 0.3 is 0 Å². The molecule has 0 radical (unpaired) electrons. The largest absolute Gasteiger partial charge is 0.327 e. The van der Waals surface area contributed by atoms with Crippen LogP contribution in [0.25, 0.3) is 22.4 Å². The van der Waals surface area contributed by atoms with Crippen LogP contribution >= 0.6 is 11.6 Å². The van der Waals surface area contributed by atoms with Crippen molar-refractivity contribution in [3.05, 3.63) is 52.5 Å². The minimum Gasteiger partial charge on any atom is -0.327 e. The van der Waals surface area contributed by atoms with Gasteiger partial charge in [-0.15, -0.1) is 0 Å². The lowest BCUT2D eigenvalue weighted by Gasteiger charge is -2.07. The highest BCUT2D eigenvalue weighted by Gasteiger charge is 2.14. The number of fused-ring (bicyclic) bond motifs is 1. The van der Waals surface area contributed by atoms with Gasteiger partial charge in [0.15, 0.2) is 0 Å². The summed E-state index contributed by atoms with van der Waals surface area (Å²) in [5.41, 5.74) is 4.24. The maximum Gasteiger partial charge on any atom is 0.141 e. The molecule has 0 bridgehead atoms. The van der Waals surface area contributed by atoms with E-state index < -0.39 is 0 Å². The van der Waals surface area contributed by atoms with Crippen LogP contribution in [0.4, 0.5) is 0 Å². The topological polar surface area (TPSA) is 41.6 Å². The molecule has 20 heavy (non-hydrogen) atoms. The summed E-state index contributed by atoms with van der Waals surface area (Å²) in [5, 5.41) is 9.90. The summed E-state index contributed by atoms with van der Waals surface area (Å²) in [6.07, 6.45) is 0. The van der Waals surface area contributed by atoms with Gasteiger partial charge in [0.2, 0.25) is 0 Å². The highest BCUT2D eigenvalue weighted by atomic mass is 35.5. The number of aryl methyl sites for hydroxylation is 1. The second kappa shape index (κ2) is 4.66. The summed E-state index contributed by atoms with van der Waals surface area (Å²) >= 11 is 6.18. The molecule has 3 nitrogen and oxygen atoms in total. The Kier molecular flexibility index (Phi) is 2.96. The molecule has 4 heteroatoms. The van der Waals surface area contributed by atoms with Gasteiger partial charge in [-0.3, -0.25) is 0 Å². The Morgan fingerprint density at radius 2 is 1.95 bits per heavy atom. The zero-order valence-electron chi connectivity index (χ0n) is 11.2. The van der Waals surface area contributed by atoms with Gasteiger partial charge in [0.1, 0.15) is 17.4 Å². The smallest absolute Gasteiger partial charge is 0.141 e. The lowest BCUT2D eigenvalue weighted by molar-refractivity contribution is 0.957. The molecule has 0 amide bonds. The minimum absolute atomic E-state index is 0.587. The van der Waals surface area contributed by atoms with Crippen molar-refractivity contribution in [1.29, 1.82) is 5.26 Å². The van der Waals surface area contributed by atoms with Gasteiger partial charge in [-0.2, -0.15) is 5.26 Å². The molecule has 0 N–H and O–H groups in total. The van der Waals surface area contributed by atoms with E-state index in [0.717, 1.165) is 33.0 Å². The zero-order chi connectivity index (χ0) is 14.3. The maximum absolute atomic E-state index is 9.18. The third-order valence-corrected chi connectivity index (χ3v) is 3.95. The van der Waals surface area contributed by atoms with Crippen LogP contribution in [0.1, 0.15) is 11.1 Å². The molecule has 1 aromatic heterocycles. The molecule has 3 aromatic rings. The average molecular weight is 282 g/mol. The Bertz CT molecular complexity index is 856. The molecule has 2 aromatic carbocycles. The van der Waals surface area contributed by atoms with Gasteiger partial charge in [-0.25, -0.2) is 4.98 Å². The molecule has 3 rings (SSSR count). The van der Waals surface area contributed by atoms with Gasteiger partial charge in [0.05, 0.1) is 11.1 Å². The van der Waals surface area contributed by atoms with Crippen LogP contribution in [0.2, 0.25) is 5.02 Å². The molecule has 0 saturated heterocycles. The predicted molar refractivity (Wildman–Crippen MR) is 80.6 cm³/mol. The van der Waals surface area contributed by atoms with E-state index in [1.165, 1.54) is 0 Å². The Hall–Kier alpha value is -2.31. The van der Waals surface area contributed by atoms with Gasteiger partial charge in [0.25, 0.3) is 0 Å². The van der Waals surface area contributed by atoms with Crippen molar-refractivity contribution in [2.45, 2.75) is 6.92 Å². The molecular formula is C16H12ClN3. The predicted octanol–water partition coefficient (Wildman–Crippen LogP) is 4.07. The third-order valence-electron chi connectivity index (χ3n) is 3.54. The van der Waals surface area contributed by atoms with E-state index in [-0.39, 0.29) is 0 Å². The van der Waals surface area contributed by atoms with Crippen molar-refractivity contribution >= 4 is 22.6 Å². The second-order valence-electron chi connectivity index (χ2n) is 4.69. The summed E-state index contributed by atoms with van der Waals surface area (Å²) in [5.74, 6) is 0.822. The molecule has 0 saturated carbocycles. The van der Waals surface area contributed by atoms with E-state index in [2.05, 4.69) is 11.1 Å². The number of nitrogens with zero attached hydrogens (tertiary/aromatic N) is 3. The second-order valence-corrected chi connectivity index (χ2v) is 5.10. The van der Waals surface area contributed by atoms with Crippen molar-refractivity contribution in [1.82, 2.24) is 9.55 Å². The van der Waals surface area contributed by atoms with Crippen molar-refractivity contribution in [3.8, 4) is 17.5 Å². The normalized spacial score (nSPS) is 10.7. The van der Waals surface area contributed by atoms with Gasteiger partial charge < -0.3 is 4.57 Å². The summed E-state index contributed by atoms with van der Waals surface area (Å²) in [7, 11) is 1.95. The fourth-order valence-corrected chi connectivity index (χ4v) is 2.57. The van der Waals surface area contributed by atoms with Crippen molar-refractivity contribution in [2.24, 2.45) is 7.05 Å². The van der Waals surface area contributed by atoms with Crippen molar-refractivity contribution < 1.29 is 0 Å². The summed E-state index contributed by atoms with van der Waals surface area (Å²) in [6, 6.07) is 13.6. The molecule has 0 aliphatic rings. The van der Waals surface area contributed by atoms with Crippen molar-refractivity contribution in [2.75, 3.05) is 0 Å². The molecular weight excluding hydrogens is 270 g/mol. The standard InChI is InChI=1S/C16H12ClN3/c1-10-12(6-4-7-13(10)17)16-19-15-11(9-18)5-3-8-14(15)20(16)2/h3-8H,1-2H3. The lowest BCUT2D eigenvalue weighted by atomic mass is 10.1. The highest BCUT2D eigenvalue weighted by molar-refractivity contribution is 6.31. The van der Waals surface area contributed by atoms with E-state index in [1.54, 1.807) is 6.07 Å². The van der Waals surface area contributed by atoms with E-state index in [1.807, 2.05) is 48.9 Å². The van der Waals surface area contributed by atoms with Gasteiger partial charge in [-0.05, 0) is 30.7 Å². The molecule has 0 aliphatic carbocycles. The number of rotatable bonds is 1. The fraction of sp³-hybridized carbons (Fsp3) is 0.125. The van der Waals surface area contributed by atoms with Crippen LogP contribution in [-0.2, 0) is 7.05 Å². The molecule has 98 valence electrons. The summed E-state index contributed by atoms with van der Waals surface area (Å²) in [6.45, 7) is 1.97. The minimum atomic E-state index is 0.587. The van der Waals surface area contributed by atoms with Gasteiger partial charge in [-0.1, -0.05) is 29.8 Å². The Morgan fingerprint density at radius 3 is 2.70 bits per heavy atom. The average Bonchev–Trinajstić information content (AvgIpc) is 2.79. The van der Waals surface area contributed by atoms with Gasteiger partial charge in [0, 0.05) is 17.6 Å². The molecule has 0 aliphatic heterocycles.